The van der Waals surface area contributed by atoms with Crippen LogP contribution < -0.4 is 0 Å². The molecule has 1 atom stereocenters. The average Bonchev–Trinajstić information content (AvgIpc) is 2.56. The molecule has 0 bridgehead atoms. The third kappa shape index (κ3) is 2.36. The zero-order valence-corrected chi connectivity index (χ0v) is 10.8. The first-order valence-corrected chi connectivity index (χ1v) is 6.72. The highest BCUT2D eigenvalue weighted by molar-refractivity contribution is 6.08. The molecular formula is C13H19NO5. The number of carbonyl (C=O) groups excluding carboxylic acids is 2. The van der Waals surface area contributed by atoms with E-state index in [2.05, 4.69) is 0 Å². The summed E-state index contributed by atoms with van der Waals surface area (Å²) in [6.07, 6.45) is 5.26. The van der Waals surface area contributed by atoms with Gasteiger partial charge in [-0.1, -0.05) is 25.7 Å². The summed E-state index contributed by atoms with van der Waals surface area (Å²) in [5, 5.41) is 18.1. The number of imide groups is 1. The van der Waals surface area contributed by atoms with Crippen LogP contribution >= 0.6 is 0 Å². The van der Waals surface area contributed by atoms with Crippen LogP contribution in [0, 0.1) is 5.41 Å². The number of carbonyl (C=O) groups is 3. The van der Waals surface area contributed by atoms with Gasteiger partial charge in [-0.15, -0.1) is 0 Å². The zero-order valence-electron chi connectivity index (χ0n) is 10.8. The summed E-state index contributed by atoms with van der Waals surface area (Å²) in [5.41, 5.74) is -0.712. The van der Waals surface area contributed by atoms with Gasteiger partial charge in [-0.2, -0.15) is 0 Å². The molecule has 2 aliphatic rings. The van der Waals surface area contributed by atoms with Gasteiger partial charge in [-0.25, -0.2) is 4.79 Å². The Morgan fingerprint density at radius 1 is 1.21 bits per heavy atom. The molecule has 1 saturated carbocycles. The summed E-state index contributed by atoms with van der Waals surface area (Å²) >= 11 is 0. The summed E-state index contributed by atoms with van der Waals surface area (Å²) in [4.78, 5) is 36.3. The predicted octanol–water partition coefficient (Wildman–Crippen LogP) is 0.531. The molecule has 2 fully saturated rings. The summed E-state index contributed by atoms with van der Waals surface area (Å²) in [5.74, 6) is -2.20. The van der Waals surface area contributed by atoms with E-state index in [1.165, 1.54) is 0 Å². The number of aliphatic hydroxyl groups is 1. The third-order valence-electron chi connectivity index (χ3n) is 4.26. The Bertz CT molecular complexity index is 398. The van der Waals surface area contributed by atoms with Crippen molar-refractivity contribution in [1.29, 1.82) is 0 Å². The first-order chi connectivity index (χ1) is 9.02. The number of aliphatic carboxylic acids is 1. The third-order valence-corrected chi connectivity index (χ3v) is 4.26. The number of likely N-dealkylation sites (tertiary alicyclic amines) is 1. The number of rotatable bonds is 3. The van der Waals surface area contributed by atoms with Gasteiger partial charge in [0.05, 0.1) is 12.0 Å². The lowest BCUT2D eigenvalue weighted by molar-refractivity contribution is -0.157. The monoisotopic (exact) mass is 269 g/mol. The highest BCUT2D eigenvalue weighted by Gasteiger charge is 2.54. The molecule has 1 saturated heterocycles. The summed E-state index contributed by atoms with van der Waals surface area (Å²) < 4.78 is 0. The number of carboxylic acid groups (broad SMARTS) is 1. The van der Waals surface area contributed by atoms with E-state index in [1.807, 2.05) is 0 Å². The van der Waals surface area contributed by atoms with Crippen LogP contribution in [0.2, 0.25) is 0 Å². The molecule has 106 valence electrons. The maximum absolute atomic E-state index is 12.5. The lowest BCUT2D eigenvalue weighted by Crippen LogP contribution is -2.48. The fraction of sp³-hybridized carbons (Fsp3) is 0.769. The van der Waals surface area contributed by atoms with Crippen LogP contribution in [0.15, 0.2) is 0 Å². The first-order valence-electron chi connectivity index (χ1n) is 6.72. The van der Waals surface area contributed by atoms with Crippen molar-refractivity contribution in [2.75, 3.05) is 6.61 Å². The molecule has 6 nitrogen and oxygen atoms in total. The molecule has 2 rings (SSSR count). The Hall–Kier alpha value is -1.43. The van der Waals surface area contributed by atoms with Gasteiger partial charge in [0.25, 0.3) is 0 Å². The second kappa shape index (κ2) is 5.28. The fourth-order valence-corrected chi connectivity index (χ4v) is 3.20. The molecule has 0 aromatic rings. The Labute approximate surface area is 111 Å². The van der Waals surface area contributed by atoms with E-state index in [0.29, 0.717) is 12.8 Å². The van der Waals surface area contributed by atoms with Crippen molar-refractivity contribution in [2.45, 2.75) is 51.0 Å². The highest BCUT2D eigenvalue weighted by Crippen LogP contribution is 2.44. The van der Waals surface area contributed by atoms with Gasteiger partial charge in [-0.3, -0.25) is 14.5 Å². The molecule has 1 unspecified atom stereocenters. The van der Waals surface area contributed by atoms with E-state index < -0.39 is 35.8 Å². The van der Waals surface area contributed by atoms with E-state index in [-0.39, 0.29) is 6.42 Å². The zero-order chi connectivity index (χ0) is 14.0. The standard InChI is InChI=1S/C13H19NO5/c15-8-9(11(17)18)14-10(16)7-13(12(14)19)5-3-1-2-4-6-13/h9,15H,1-8H2,(H,17,18). The molecule has 1 aliphatic heterocycles. The molecule has 19 heavy (non-hydrogen) atoms. The van der Waals surface area contributed by atoms with Crippen LogP contribution in [0.5, 0.6) is 0 Å². The minimum absolute atomic E-state index is 0.0929. The van der Waals surface area contributed by atoms with Gasteiger partial charge < -0.3 is 10.2 Å². The van der Waals surface area contributed by atoms with Crippen LogP contribution in [0.1, 0.15) is 44.9 Å². The van der Waals surface area contributed by atoms with Crippen LogP contribution in [-0.2, 0) is 14.4 Å². The number of nitrogens with zero attached hydrogens (tertiary/aromatic N) is 1. The number of hydrogen-bond acceptors (Lipinski definition) is 4. The van der Waals surface area contributed by atoms with Crippen molar-refractivity contribution < 1.29 is 24.6 Å². The van der Waals surface area contributed by atoms with Gasteiger partial charge in [0.1, 0.15) is 0 Å². The second-order valence-corrected chi connectivity index (χ2v) is 5.48. The molecule has 2 N–H and O–H groups in total. The minimum Gasteiger partial charge on any atom is -0.480 e. The van der Waals surface area contributed by atoms with Crippen LogP contribution in [-0.4, -0.2) is 45.5 Å². The first kappa shape index (κ1) is 14.0. The maximum atomic E-state index is 12.5. The molecule has 1 spiro atoms. The number of carboxylic acids is 1. The van der Waals surface area contributed by atoms with Crippen molar-refractivity contribution >= 4 is 17.8 Å². The molecule has 0 aromatic heterocycles. The lowest BCUT2D eigenvalue weighted by Gasteiger charge is -2.27. The molecular weight excluding hydrogens is 250 g/mol. The number of amides is 2. The molecule has 1 heterocycles. The summed E-state index contributed by atoms with van der Waals surface area (Å²) in [7, 11) is 0. The summed E-state index contributed by atoms with van der Waals surface area (Å²) in [6, 6.07) is -1.44. The molecule has 0 radical (unpaired) electrons. The Kier molecular flexibility index (Phi) is 3.89. The quantitative estimate of drug-likeness (QED) is 0.729. The Balaban J connectivity index is 2.26. The van der Waals surface area contributed by atoms with Gasteiger partial charge in [0, 0.05) is 6.42 Å². The SMILES string of the molecule is O=C(O)C(CO)N1C(=O)CC2(CCCCCC2)C1=O. The minimum atomic E-state index is -1.44. The van der Waals surface area contributed by atoms with Crippen molar-refractivity contribution in [3.05, 3.63) is 0 Å². The predicted molar refractivity (Wildman–Crippen MR) is 65.1 cm³/mol. The van der Waals surface area contributed by atoms with E-state index in [4.69, 9.17) is 10.2 Å². The highest BCUT2D eigenvalue weighted by atomic mass is 16.4. The smallest absolute Gasteiger partial charge is 0.329 e. The molecule has 2 amide bonds. The average molecular weight is 269 g/mol. The molecule has 6 heteroatoms. The lowest BCUT2D eigenvalue weighted by atomic mass is 9.79. The Morgan fingerprint density at radius 3 is 2.26 bits per heavy atom. The Morgan fingerprint density at radius 2 is 1.79 bits per heavy atom. The topological polar surface area (TPSA) is 94.9 Å². The van der Waals surface area contributed by atoms with E-state index in [9.17, 15) is 14.4 Å². The van der Waals surface area contributed by atoms with Gasteiger partial charge >= 0.3 is 5.97 Å². The van der Waals surface area contributed by atoms with Crippen LogP contribution in [0.4, 0.5) is 0 Å². The van der Waals surface area contributed by atoms with E-state index in [1.54, 1.807) is 0 Å². The molecule has 1 aliphatic carbocycles. The fourth-order valence-electron chi connectivity index (χ4n) is 3.20. The van der Waals surface area contributed by atoms with Gasteiger partial charge in [0.15, 0.2) is 6.04 Å². The number of aliphatic hydroxyl groups excluding tert-OH is 1. The normalized spacial score (nSPS) is 24.6. The van der Waals surface area contributed by atoms with Gasteiger partial charge in [-0.05, 0) is 12.8 Å². The maximum Gasteiger partial charge on any atom is 0.329 e. The van der Waals surface area contributed by atoms with Crippen LogP contribution in [0.3, 0.4) is 0 Å². The summed E-state index contributed by atoms with van der Waals surface area (Å²) in [6.45, 7) is -0.733. The number of hydrogen-bond donors (Lipinski definition) is 2. The van der Waals surface area contributed by atoms with E-state index in [0.717, 1.165) is 30.6 Å². The van der Waals surface area contributed by atoms with Crippen molar-refractivity contribution in [3.63, 3.8) is 0 Å². The molecule has 0 aromatic carbocycles. The van der Waals surface area contributed by atoms with Crippen LogP contribution in [0.25, 0.3) is 0 Å². The van der Waals surface area contributed by atoms with Crippen molar-refractivity contribution in [2.24, 2.45) is 5.41 Å². The van der Waals surface area contributed by atoms with Crippen molar-refractivity contribution in [3.8, 4) is 0 Å². The van der Waals surface area contributed by atoms with Gasteiger partial charge in [0.2, 0.25) is 11.8 Å². The largest absolute Gasteiger partial charge is 0.480 e. The second-order valence-electron chi connectivity index (χ2n) is 5.48. The van der Waals surface area contributed by atoms with E-state index >= 15 is 0 Å². The van der Waals surface area contributed by atoms with Crippen molar-refractivity contribution in [1.82, 2.24) is 4.90 Å².